The number of hydrogen-bond acceptors (Lipinski definition) is 5. The molecule has 6 nitrogen and oxygen atoms in total. The molecule has 2 atom stereocenters. The molecule has 118 valence electrons. The normalized spacial score (nSPS) is 14.7. The Morgan fingerprint density at radius 3 is 2.38 bits per heavy atom. The van der Waals surface area contributed by atoms with Gasteiger partial charge in [0.05, 0.1) is 4.92 Å². The molecule has 0 saturated carbocycles. The van der Waals surface area contributed by atoms with Crippen LogP contribution in [0.1, 0.15) is 38.7 Å². The second-order valence-electron chi connectivity index (χ2n) is 5.08. The van der Waals surface area contributed by atoms with Crippen molar-refractivity contribution in [3.05, 3.63) is 33.9 Å². The average Bonchev–Trinajstić information content (AvgIpc) is 2.42. The highest BCUT2D eigenvalue weighted by molar-refractivity contribution is 7.90. The fourth-order valence-electron chi connectivity index (χ4n) is 2.55. The van der Waals surface area contributed by atoms with Crippen molar-refractivity contribution in [1.29, 1.82) is 0 Å². The quantitative estimate of drug-likeness (QED) is 0.617. The van der Waals surface area contributed by atoms with Gasteiger partial charge in [0.25, 0.3) is 5.69 Å². The lowest BCUT2D eigenvalue weighted by molar-refractivity contribution is -0.388. The first-order valence-corrected chi connectivity index (χ1v) is 8.83. The third-order valence-corrected chi connectivity index (χ3v) is 4.74. The van der Waals surface area contributed by atoms with Crippen LogP contribution in [0.4, 0.5) is 5.69 Å². The van der Waals surface area contributed by atoms with E-state index in [2.05, 4.69) is 5.32 Å². The number of nitrogens with one attached hydrogen (secondary N) is 1. The van der Waals surface area contributed by atoms with E-state index in [0.29, 0.717) is 5.56 Å². The van der Waals surface area contributed by atoms with Crippen molar-refractivity contribution in [2.24, 2.45) is 0 Å². The molecule has 0 spiro atoms. The third-order valence-electron chi connectivity index (χ3n) is 3.61. The fourth-order valence-corrected chi connectivity index (χ4v) is 3.42. The number of nitro benzene ring substituents is 1. The zero-order valence-corrected chi connectivity index (χ0v) is 13.6. The zero-order chi connectivity index (χ0) is 16.2. The predicted octanol–water partition coefficient (Wildman–Crippen LogP) is 2.49. The third kappa shape index (κ3) is 4.01. The lowest BCUT2D eigenvalue weighted by Crippen LogP contribution is -2.33. The molecule has 7 heteroatoms. The van der Waals surface area contributed by atoms with Crippen molar-refractivity contribution in [3.8, 4) is 0 Å². The van der Waals surface area contributed by atoms with Crippen molar-refractivity contribution in [1.82, 2.24) is 5.32 Å². The minimum atomic E-state index is -3.64. The van der Waals surface area contributed by atoms with Crippen LogP contribution in [0.15, 0.2) is 23.1 Å². The van der Waals surface area contributed by atoms with Crippen molar-refractivity contribution < 1.29 is 13.3 Å². The summed E-state index contributed by atoms with van der Waals surface area (Å²) in [7, 11) is -3.64. The molecule has 0 amide bonds. The van der Waals surface area contributed by atoms with Gasteiger partial charge in [-0.25, -0.2) is 8.42 Å². The first-order chi connectivity index (χ1) is 9.73. The molecule has 1 aromatic carbocycles. The number of hydrogen-bond donors (Lipinski definition) is 1. The average molecular weight is 314 g/mol. The van der Waals surface area contributed by atoms with E-state index in [4.69, 9.17) is 0 Å². The second-order valence-corrected chi connectivity index (χ2v) is 7.07. The van der Waals surface area contributed by atoms with E-state index in [1.54, 1.807) is 12.1 Å². The molecule has 0 saturated heterocycles. The van der Waals surface area contributed by atoms with E-state index in [0.717, 1.165) is 19.2 Å². The summed E-state index contributed by atoms with van der Waals surface area (Å²) in [5, 5.41) is 14.7. The highest BCUT2D eigenvalue weighted by Crippen LogP contribution is 2.34. The van der Waals surface area contributed by atoms with E-state index in [1.165, 1.54) is 6.07 Å². The van der Waals surface area contributed by atoms with Crippen molar-refractivity contribution in [2.75, 3.05) is 12.8 Å². The van der Waals surface area contributed by atoms with Gasteiger partial charge < -0.3 is 5.32 Å². The smallest absolute Gasteiger partial charge is 0.291 e. The van der Waals surface area contributed by atoms with Crippen LogP contribution in [0.2, 0.25) is 0 Å². The minimum Gasteiger partial charge on any atom is -0.314 e. The number of likely N-dealkylation sites (N-methyl/N-ethyl adjacent to an activating group) is 1. The summed E-state index contributed by atoms with van der Waals surface area (Å²) in [6.45, 7) is 6.60. The maximum absolute atomic E-state index is 11.8. The summed E-state index contributed by atoms with van der Waals surface area (Å²) < 4.78 is 23.6. The van der Waals surface area contributed by atoms with Crippen LogP contribution < -0.4 is 5.32 Å². The first-order valence-electron chi connectivity index (χ1n) is 6.94. The Morgan fingerprint density at radius 1 is 1.33 bits per heavy atom. The minimum absolute atomic E-state index is 0.0588. The summed E-state index contributed by atoms with van der Waals surface area (Å²) in [5.41, 5.74) is 0.152. The molecule has 1 rings (SSSR count). The standard InChI is InChI=1S/C14H22N2O4S/c1-5-12(15-6-2)10(3)11-8-7-9-13(21(4,19)20)14(11)16(17)18/h7-10,12,15H,5-6H2,1-4H3. The Labute approximate surface area is 125 Å². The maximum atomic E-state index is 11.8. The van der Waals surface area contributed by atoms with Gasteiger partial charge in [0.15, 0.2) is 9.84 Å². The monoisotopic (exact) mass is 314 g/mol. The fraction of sp³-hybridized carbons (Fsp3) is 0.571. The summed E-state index contributed by atoms with van der Waals surface area (Å²) in [6.07, 6.45) is 1.79. The van der Waals surface area contributed by atoms with E-state index < -0.39 is 14.8 Å². The van der Waals surface area contributed by atoms with Crippen LogP contribution in [0.5, 0.6) is 0 Å². The van der Waals surface area contributed by atoms with Crippen LogP contribution in [0.25, 0.3) is 0 Å². The summed E-state index contributed by atoms with van der Waals surface area (Å²) in [5.74, 6) is -0.156. The van der Waals surface area contributed by atoms with Gasteiger partial charge in [-0.15, -0.1) is 0 Å². The molecular weight excluding hydrogens is 292 g/mol. The summed E-state index contributed by atoms with van der Waals surface area (Å²) >= 11 is 0. The number of nitrogens with zero attached hydrogens (tertiary/aromatic N) is 1. The van der Waals surface area contributed by atoms with E-state index >= 15 is 0 Å². The van der Waals surface area contributed by atoms with E-state index in [9.17, 15) is 18.5 Å². The molecule has 1 N–H and O–H groups in total. The highest BCUT2D eigenvalue weighted by Gasteiger charge is 2.30. The van der Waals surface area contributed by atoms with Crippen molar-refractivity contribution in [3.63, 3.8) is 0 Å². The Morgan fingerprint density at radius 2 is 1.95 bits per heavy atom. The Bertz CT molecular complexity index is 613. The molecule has 0 bridgehead atoms. The van der Waals surface area contributed by atoms with Gasteiger partial charge in [-0.1, -0.05) is 32.9 Å². The highest BCUT2D eigenvalue weighted by atomic mass is 32.2. The van der Waals surface area contributed by atoms with Gasteiger partial charge in [-0.2, -0.15) is 0 Å². The molecule has 2 unspecified atom stereocenters. The number of para-hydroxylation sites is 1. The molecule has 0 fully saturated rings. The lowest BCUT2D eigenvalue weighted by Gasteiger charge is -2.24. The van der Waals surface area contributed by atoms with Gasteiger partial charge in [0.1, 0.15) is 4.90 Å². The number of benzene rings is 1. The van der Waals surface area contributed by atoms with E-state index in [-0.39, 0.29) is 22.5 Å². The molecular formula is C14H22N2O4S. The van der Waals surface area contributed by atoms with Gasteiger partial charge in [0, 0.05) is 23.8 Å². The summed E-state index contributed by atoms with van der Waals surface area (Å²) in [4.78, 5) is 10.6. The molecule has 0 aromatic heterocycles. The molecule has 0 aliphatic heterocycles. The SMILES string of the molecule is CCNC(CC)C(C)c1cccc(S(C)(=O)=O)c1[N+](=O)[O-]. The van der Waals surface area contributed by atoms with Crippen molar-refractivity contribution >= 4 is 15.5 Å². The summed E-state index contributed by atoms with van der Waals surface area (Å²) in [6, 6.07) is 4.55. The second kappa shape index (κ2) is 7.00. The topological polar surface area (TPSA) is 89.3 Å². The van der Waals surface area contributed by atoms with Gasteiger partial charge in [-0.3, -0.25) is 10.1 Å². The van der Waals surface area contributed by atoms with Gasteiger partial charge in [0.2, 0.25) is 0 Å². The van der Waals surface area contributed by atoms with Crippen LogP contribution >= 0.6 is 0 Å². The molecule has 0 heterocycles. The largest absolute Gasteiger partial charge is 0.314 e. The molecule has 1 aromatic rings. The lowest BCUT2D eigenvalue weighted by atomic mass is 9.90. The molecule has 0 aliphatic rings. The Balaban J connectivity index is 3.46. The van der Waals surface area contributed by atoms with Crippen LogP contribution in [0, 0.1) is 10.1 Å². The first kappa shape index (κ1) is 17.6. The van der Waals surface area contributed by atoms with Crippen LogP contribution in [-0.2, 0) is 9.84 Å². The molecule has 21 heavy (non-hydrogen) atoms. The number of sulfone groups is 1. The zero-order valence-electron chi connectivity index (χ0n) is 12.8. The molecule has 0 aliphatic carbocycles. The number of nitro groups is 1. The predicted molar refractivity (Wildman–Crippen MR) is 82.4 cm³/mol. The Hall–Kier alpha value is -1.47. The van der Waals surface area contributed by atoms with Crippen LogP contribution in [-0.4, -0.2) is 32.2 Å². The van der Waals surface area contributed by atoms with Crippen molar-refractivity contribution in [2.45, 2.75) is 44.0 Å². The Kier molecular flexibility index (Phi) is 5.86. The van der Waals surface area contributed by atoms with Gasteiger partial charge in [-0.05, 0) is 19.0 Å². The number of rotatable bonds is 7. The van der Waals surface area contributed by atoms with Crippen LogP contribution in [0.3, 0.4) is 0 Å². The molecule has 0 radical (unpaired) electrons. The van der Waals surface area contributed by atoms with E-state index in [1.807, 2.05) is 20.8 Å². The maximum Gasteiger partial charge on any atom is 0.291 e. The van der Waals surface area contributed by atoms with Gasteiger partial charge >= 0.3 is 0 Å².